The average Bonchev–Trinajstić information content (AvgIpc) is 2.71. The lowest BCUT2D eigenvalue weighted by Crippen LogP contribution is -2.40. The van der Waals surface area contributed by atoms with Gasteiger partial charge in [-0.1, -0.05) is 32.0 Å². The molecule has 0 saturated carbocycles. The normalized spacial score (nSPS) is 15.0. The summed E-state index contributed by atoms with van der Waals surface area (Å²) in [5, 5.41) is 17.3. The van der Waals surface area contributed by atoms with Gasteiger partial charge >= 0.3 is 0 Å². The van der Waals surface area contributed by atoms with Crippen LogP contribution in [0.1, 0.15) is 26.3 Å². The Balaban J connectivity index is 2.03. The van der Waals surface area contributed by atoms with Gasteiger partial charge in [0.15, 0.2) is 0 Å². The van der Waals surface area contributed by atoms with Crippen molar-refractivity contribution < 1.29 is 5.11 Å². The standard InChI is InChI=1S/C16H23NOS/c1-12(2)9-17-11-16(3,18)8-13-10-19-15-7-5-4-6-14(13)15/h4-7,10,12,17-18H,8-9,11H2,1-3H3. The Morgan fingerprint density at radius 2 is 2.05 bits per heavy atom. The molecule has 3 heteroatoms. The van der Waals surface area contributed by atoms with E-state index in [9.17, 15) is 5.11 Å². The van der Waals surface area contributed by atoms with Crippen LogP contribution in [0.4, 0.5) is 0 Å². The first kappa shape index (κ1) is 14.5. The average molecular weight is 277 g/mol. The summed E-state index contributed by atoms with van der Waals surface area (Å²) < 4.78 is 1.29. The molecule has 0 amide bonds. The SMILES string of the molecule is CC(C)CNCC(C)(O)Cc1csc2ccccc12. The van der Waals surface area contributed by atoms with Gasteiger partial charge in [0.2, 0.25) is 0 Å². The van der Waals surface area contributed by atoms with Crippen LogP contribution in [-0.4, -0.2) is 23.8 Å². The molecule has 0 aliphatic carbocycles. The number of aliphatic hydroxyl groups is 1. The van der Waals surface area contributed by atoms with Gasteiger partial charge in [-0.3, -0.25) is 0 Å². The molecule has 104 valence electrons. The molecule has 19 heavy (non-hydrogen) atoms. The molecular formula is C16H23NOS. The van der Waals surface area contributed by atoms with E-state index in [0.29, 0.717) is 18.9 Å². The molecule has 2 rings (SSSR count). The lowest BCUT2D eigenvalue weighted by molar-refractivity contribution is 0.0600. The van der Waals surface area contributed by atoms with Crippen molar-refractivity contribution in [3.05, 3.63) is 35.2 Å². The highest BCUT2D eigenvalue weighted by Crippen LogP contribution is 2.28. The highest BCUT2D eigenvalue weighted by Gasteiger charge is 2.22. The molecule has 0 aliphatic rings. The van der Waals surface area contributed by atoms with Gasteiger partial charge in [-0.25, -0.2) is 0 Å². The number of fused-ring (bicyclic) bond motifs is 1. The minimum atomic E-state index is -0.696. The Hall–Kier alpha value is -0.900. The Bertz CT molecular complexity index is 530. The van der Waals surface area contributed by atoms with Gasteiger partial charge in [0.25, 0.3) is 0 Å². The van der Waals surface area contributed by atoms with Crippen molar-refractivity contribution in [3.63, 3.8) is 0 Å². The number of thiophene rings is 1. The molecule has 2 N–H and O–H groups in total. The summed E-state index contributed by atoms with van der Waals surface area (Å²) in [5.41, 5.74) is 0.551. The third kappa shape index (κ3) is 4.03. The van der Waals surface area contributed by atoms with E-state index in [-0.39, 0.29) is 0 Å². The summed E-state index contributed by atoms with van der Waals surface area (Å²) in [5.74, 6) is 0.609. The molecule has 0 fully saturated rings. The van der Waals surface area contributed by atoms with Crippen LogP contribution in [0, 0.1) is 5.92 Å². The molecule has 0 bridgehead atoms. The zero-order valence-electron chi connectivity index (χ0n) is 11.9. The maximum Gasteiger partial charge on any atom is 0.0784 e. The first-order chi connectivity index (χ1) is 8.98. The Labute approximate surface area is 119 Å². The second-order valence-electron chi connectivity index (χ2n) is 5.96. The number of hydrogen-bond donors (Lipinski definition) is 2. The van der Waals surface area contributed by atoms with Gasteiger partial charge in [0.1, 0.15) is 0 Å². The number of hydrogen-bond acceptors (Lipinski definition) is 3. The van der Waals surface area contributed by atoms with E-state index < -0.39 is 5.60 Å². The fourth-order valence-corrected chi connectivity index (χ4v) is 3.24. The predicted octanol–water partition coefficient (Wildman–Crippen LogP) is 3.44. The van der Waals surface area contributed by atoms with E-state index >= 15 is 0 Å². The summed E-state index contributed by atoms with van der Waals surface area (Å²) in [4.78, 5) is 0. The molecule has 0 aliphatic heterocycles. The van der Waals surface area contributed by atoms with Gasteiger partial charge in [0, 0.05) is 17.7 Å². The maximum atomic E-state index is 10.5. The van der Waals surface area contributed by atoms with E-state index in [4.69, 9.17) is 0 Å². The summed E-state index contributed by atoms with van der Waals surface area (Å²) in [6.07, 6.45) is 0.697. The van der Waals surface area contributed by atoms with Crippen LogP contribution >= 0.6 is 11.3 Å². The van der Waals surface area contributed by atoms with Gasteiger partial charge in [0.05, 0.1) is 5.60 Å². The zero-order chi connectivity index (χ0) is 13.9. The van der Waals surface area contributed by atoms with Crippen LogP contribution in [0.25, 0.3) is 10.1 Å². The van der Waals surface area contributed by atoms with Crippen LogP contribution in [0.5, 0.6) is 0 Å². The molecule has 1 atom stereocenters. The molecule has 2 aromatic rings. The van der Waals surface area contributed by atoms with Gasteiger partial charge in [-0.2, -0.15) is 0 Å². The minimum absolute atomic E-state index is 0.609. The van der Waals surface area contributed by atoms with Crippen LogP contribution in [-0.2, 0) is 6.42 Å². The largest absolute Gasteiger partial charge is 0.389 e. The maximum absolute atomic E-state index is 10.5. The summed E-state index contributed by atoms with van der Waals surface area (Å²) >= 11 is 1.75. The second-order valence-corrected chi connectivity index (χ2v) is 6.87. The Morgan fingerprint density at radius 1 is 1.32 bits per heavy atom. The Kier molecular flexibility index (Phi) is 4.61. The zero-order valence-corrected chi connectivity index (χ0v) is 12.8. The number of rotatable bonds is 6. The van der Waals surface area contributed by atoms with Crippen molar-refractivity contribution in [2.45, 2.75) is 32.8 Å². The molecule has 0 saturated heterocycles. The van der Waals surface area contributed by atoms with E-state index in [1.165, 1.54) is 15.6 Å². The van der Waals surface area contributed by atoms with Crippen LogP contribution in [0.15, 0.2) is 29.6 Å². The van der Waals surface area contributed by atoms with E-state index in [1.807, 2.05) is 6.92 Å². The van der Waals surface area contributed by atoms with Crippen molar-refractivity contribution in [1.82, 2.24) is 5.32 Å². The van der Waals surface area contributed by atoms with E-state index in [1.54, 1.807) is 11.3 Å². The summed E-state index contributed by atoms with van der Waals surface area (Å²) in [6, 6.07) is 8.39. The van der Waals surface area contributed by atoms with Crippen LogP contribution in [0.2, 0.25) is 0 Å². The van der Waals surface area contributed by atoms with E-state index in [2.05, 4.69) is 48.8 Å². The molecule has 0 spiro atoms. The van der Waals surface area contributed by atoms with Gasteiger partial charge < -0.3 is 10.4 Å². The molecule has 1 aromatic heterocycles. The molecule has 1 aromatic carbocycles. The first-order valence-corrected chi connectivity index (χ1v) is 7.74. The van der Waals surface area contributed by atoms with Gasteiger partial charge in [-0.05, 0) is 41.8 Å². The van der Waals surface area contributed by atoms with Crippen molar-refractivity contribution in [2.24, 2.45) is 5.92 Å². The number of nitrogens with one attached hydrogen (secondary N) is 1. The first-order valence-electron chi connectivity index (χ1n) is 6.86. The minimum Gasteiger partial charge on any atom is -0.389 e. The highest BCUT2D eigenvalue weighted by molar-refractivity contribution is 7.17. The van der Waals surface area contributed by atoms with Crippen molar-refractivity contribution in [2.75, 3.05) is 13.1 Å². The highest BCUT2D eigenvalue weighted by atomic mass is 32.1. The van der Waals surface area contributed by atoms with Crippen LogP contribution in [0.3, 0.4) is 0 Å². The topological polar surface area (TPSA) is 32.3 Å². The molecular weight excluding hydrogens is 254 g/mol. The smallest absolute Gasteiger partial charge is 0.0784 e. The van der Waals surface area contributed by atoms with Crippen molar-refractivity contribution >= 4 is 21.4 Å². The summed E-state index contributed by atoms with van der Waals surface area (Å²) in [7, 11) is 0. The van der Waals surface area contributed by atoms with Gasteiger partial charge in [-0.15, -0.1) is 11.3 Å². The molecule has 2 nitrogen and oxygen atoms in total. The van der Waals surface area contributed by atoms with Crippen molar-refractivity contribution in [1.29, 1.82) is 0 Å². The fraction of sp³-hybridized carbons (Fsp3) is 0.500. The fourth-order valence-electron chi connectivity index (χ4n) is 2.27. The quantitative estimate of drug-likeness (QED) is 0.847. The second kappa shape index (κ2) is 6.04. The lowest BCUT2D eigenvalue weighted by Gasteiger charge is -2.24. The monoisotopic (exact) mass is 277 g/mol. The molecule has 1 heterocycles. The lowest BCUT2D eigenvalue weighted by atomic mass is 9.96. The predicted molar refractivity (Wildman–Crippen MR) is 83.9 cm³/mol. The Morgan fingerprint density at radius 3 is 2.79 bits per heavy atom. The van der Waals surface area contributed by atoms with Crippen LogP contribution < -0.4 is 5.32 Å². The van der Waals surface area contributed by atoms with Crippen molar-refractivity contribution in [3.8, 4) is 0 Å². The summed E-state index contributed by atoms with van der Waals surface area (Å²) in [6.45, 7) is 7.84. The van der Waals surface area contributed by atoms with E-state index in [0.717, 1.165) is 6.54 Å². The molecule has 1 unspecified atom stereocenters. The number of benzene rings is 1. The third-order valence-corrected chi connectivity index (χ3v) is 4.20. The molecule has 0 radical (unpaired) electrons. The third-order valence-electron chi connectivity index (χ3n) is 3.19.